The van der Waals surface area contributed by atoms with E-state index >= 15 is 0 Å². The van der Waals surface area contributed by atoms with Crippen molar-refractivity contribution in [1.82, 2.24) is 5.32 Å². The molecule has 0 fully saturated rings. The highest BCUT2D eigenvalue weighted by atomic mass is 16.5. The van der Waals surface area contributed by atoms with Gasteiger partial charge in [-0.1, -0.05) is 48.5 Å². The van der Waals surface area contributed by atoms with E-state index in [2.05, 4.69) is 5.32 Å². The third-order valence-corrected chi connectivity index (χ3v) is 3.66. The van der Waals surface area contributed by atoms with Crippen LogP contribution in [0.5, 0.6) is 5.75 Å². The third-order valence-electron chi connectivity index (χ3n) is 3.66. The molecule has 0 bridgehead atoms. The Bertz CT molecular complexity index is 601. The molecule has 2 aromatic rings. The number of aliphatic hydroxyl groups is 1. The second-order valence-electron chi connectivity index (χ2n) is 5.63. The zero-order valence-corrected chi connectivity index (χ0v) is 13.5. The van der Waals surface area contributed by atoms with Crippen molar-refractivity contribution in [3.63, 3.8) is 0 Å². The van der Waals surface area contributed by atoms with Gasteiger partial charge in [0.2, 0.25) is 0 Å². The first-order chi connectivity index (χ1) is 11.1. The van der Waals surface area contributed by atoms with Gasteiger partial charge in [0.1, 0.15) is 5.75 Å². The molecule has 0 saturated heterocycles. The standard InChI is InChI=1S/C19H23NO3/c1-14(18(21)13-16-9-5-3-6-10-16)20-19(22)15(2)23-17-11-7-4-8-12-17/h3-12,14-15,18,21H,13H2,1-2H3,(H,20,22). The molecule has 0 radical (unpaired) electrons. The van der Waals surface area contributed by atoms with Crippen molar-refractivity contribution in [2.45, 2.75) is 38.5 Å². The summed E-state index contributed by atoms with van der Waals surface area (Å²) in [5, 5.41) is 13.0. The number of aliphatic hydroxyl groups excluding tert-OH is 1. The van der Waals surface area contributed by atoms with E-state index in [1.165, 1.54) is 0 Å². The van der Waals surface area contributed by atoms with Crippen LogP contribution in [0.3, 0.4) is 0 Å². The summed E-state index contributed by atoms with van der Waals surface area (Å²) in [7, 11) is 0. The lowest BCUT2D eigenvalue weighted by atomic mass is 10.0. The second kappa shape index (κ2) is 8.34. The van der Waals surface area contributed by atoms with E-state index < -0.39 is 12.2 Å². The molecule has 0 aliphatic carbocycles. The fourth-order valence-corrected chi connectivity index (χ4v) is 2.23. The topological polar surface area (TPSA) is 58.6 Å². The highest BCUT2D eigenvalue weighted by Gasteiger charge is 2.21. The van der Waals surface area contributed by atoms with Gasteiger partial charge in [0.25, 0.3) is 5.91 Å². The molecule has 0 saturated carbocycles. The molecule has 2 rings (SSSR count). The molecule has 0 aliphatic rings. The van der Waals surface area contributed by atoms with E-state index in [1.54, 1.807) is 26.0 Å². The first-order valence-electron chi connectivity index (χ1n) is 7.80. The molecular formula is C19H23NO3. The van der Waals surface area contributed by atoms with Gasteiger partial charge >= 0.3 is 0 Å². The third kappa shape index (κ3) is 5.42. The lowest BCUT2D eigenvalue weighted by Crippen LogP contribution is -2.47. The quantitative estimate of drug-likeness (QED) is 0.826. The van der Waals surface area contributed by atoms with Crippen LogP contribution in [0.25, 0.3) is 0 Å². The second-order valence-corrected chi connectivity index (χ2v) is 5.63. The monoisotopic (exact) mass is 313 g/mol. The molecule has 0 aromatic heterocycles. The molecule has 1 amide bonds. The van der Waals surface area contributed by atoms with Crippen molar-refractivity contribution in [2.24, 2.45) is 0 Å². The van der Waals surface area contributed by atoms with Gasteiger partial charge in [-0.2, -0.15) is 0 Å². The molecule has 23 heavy (non-hydrogen) atoms. The van der Waals surface area contributed by atoms with Crippen LogP contribution < -0.4 is 10.1 Å². The van der Waals surface area contributed by atoms with Crippen LogP contribution in [-0.2, 0) is 11.2 Å². The molecule has 122 valence electrons. The Morgan fingerprint density at radius 1 is 1.04 bits per heavy atom. The minimum Gasteiger partial charge on any atom is -0.481 e. The van der Waals surface area contributed by atoms with Gasteiger partial charge in [-0.05, 0) is 31.5 Å². The Kier molecular flexibility index (Phi) is 6.18. The van der Waals surface area contributed by atoms with Crippen LogP contribution in [-0.4, -0.2) is 29.3 Å². The van der Waals surface area contributed by atoms with Gasteiger partial charge in [-0.3, -0.25) is 4.79 Å². The largest absolute Gasteiger partial charge is 0.481 e. The van der Waals surface area contributed by atoms with Crippen molar-refractivity contribution in [3.8, 4) is 5.75 Å². The van der Waals surface area contributed by atoms with Gasteiger partial charge in [-0.25, -0.2) is 0 Å². The van der Waals surface area contributed by atoms with Gasteiger partial charge in [0, 0.05) is 6.42 Å². The zero-order chi connectivity index (χ0) is 16.7. The van der Waals surface area contributed by atoms with Crippen molar-refractivity contribution in [1.29, 1.82) is 0 Å². The van der Waals surface area contributed by atoms with E-state index in [4.69, 9.17) is 4.74 Å². The number of hydrogen-bond donors (Lipinski definition) is 2. The lowest BCUT2D eigenvalue weighted by Gasteiger charge is -2.22. The summed E-state index contributed by atoms with van der Waals surface area (Å²) in [4.78, 5) is 12.2. The molecule has 2 N–H and O–H groups in total. The minimum absolute atomic E-state index is 0.242. The molecule has 4 nitrogen and oxygen atoms in total. The maximum Gasteiger partial charge on any atom is 0.261 e. The molecule has 3 atom stereocenters. The first kappa shape index (κ1) is 17.0. The van der Waals surface area contributed by atoms with Gasteiger partial charge in [0.05, 0.1) is 12.1 Å². The van der Waals surface area contributed by atoms with Crippen molar-refractivity contribution in [2.75, 3.05) is 0 Å². The first-order valence-corrected chi connectivity index (χ1v) is 7.80. The maximum absolute atomic E-state index is 12.2. The van der Waals surface area contributed by atoms with Crippen molar-refractivity contribution >= 4 is 5.91 Å². The number of hydrogen-bond acceptors (Lipinski definition) is 3. The average molecular weight is 313 g/mol. The maximum atomic E-state index is 12.2. The molecule has 0 spiro atoms. The number of para-hydroxylation sites is 1. The average Bonchev–Trinajstić information content (AvgIpc) is 2.56. The van der Waals surface area contributed by atoms with E-state index in [-0.39, 0.29) is 11.9 Å². The lowest BCUT2D eigenvalue weighted by molar-refractivity contribution is -0.128. The number of carbonyl (C=O) groups is 1. The summed E-state index contributed by atoms with van der Waals surface area (Å²) in [6.07, 6.45) is -0.773. The SMILES string of the molecule is CC(Oc1ccccc1)C(=O)NC(C)C(O)Cc1ccccc1. The van der Waals surface area contributed by atoms with Crippen LogP contribution in [0.1, 0.15) is 19.4 Å². The normalized spacial score (nSPS) is 14.6. The Morgan fingerprint density at radius 3 is 2.22 bits per heavy atom. The number of nitrogens with one attached hydrogen (secondary N) is 1. The summed E-state index contributed by atoms with van der Waals surface area (Å²) in [5.41, 5.74) is 1.04. The summed E-state index contributed by atoms with van der Waals surface area (Å²) in [6, 6.07) is 18.6. The summed E-state index contributed by atoms with van der Waals surface area (Å²) < 4.78 is 5.58. The summed E-state index contributed by atoms with van der Waals surface area (Å²) in [5.74, 6) is 0.404. The van der Waals surface area contributed by atoms with E-state index in [1.807, 2.05) is 48.5 Å². The number of amides is 1. The predicted molar refractivity (Wildman–Crippen MR) is 90.3 cm³/mol. The summed E-state index contributed by atoms with van der Waals surface area (Å²) >= 11 is 0. The fraction of sp³-hybridized carbons (Fsp3) is 0.316. The van der Waals surface area contributed by atoms with E-state index in [9.17, 15) is 9.90 Å². The highest BCUT2D eigenvalue weighted by Crippen LogP contribution is 2.11. The molecular weight excluding hydrogens is 290 g/mol. The highest BCUT2D eigenvalue weighted by molar-refractivity contribution is 5.81. The smallest absolute Gasteiger partial charge is 0.261 e. The summed E-state index contributed by atoms with van der Waals surface area (Å²) in [6.45, 7) is 3.49. The number of carbonyl (C=O) groups excluding carboxylic acids is 1. The molecule has 4 heteroatoms. The molecule has 0 aliphatic heterocycles. The van der Waals surface area contributed by atoms with Crippen LogP contribution >= 0.6 is 0 Å². The van der Waals surface area contributed by atoms with Gasteiger partial charge in [0.15, 0.2) is 6.10 Å². The Balaban J connectivity index is 1.83. The van der Waals surface area contributed by atoms with Crippen LogP contribution in [0.4, 0.5) is 0 Å². The van der Waals surface area contributed by atoms with E-state index in [0.717, 1.165) is 5.56 Å². The number of rotatable bonds is 7. The minimum atomic E-state index is -0.648. The number of benzene rings is 2. The Hall–Kier alpha value is -2.33. The van der Waals surface area contributed by atoms with Gasteiger partial charge < -0.3 is 15.2 Å². The number of ether oxygens (including phenoxy) is 1. The van der Waals surface area contributed by atoms with Crippen LogP contribution in [0, 0.1) is 0 Å². The van der Waals surface area contributed by atoms with Gasteiger partial charge in [-0.15, -0.1) is 0 Å². The Labute approximate surface area is 137 Å². The van der Waals surface area contributed by atoms with Crippen LogP contribution in [0.2, 0.25) is 0 Å². The molecule has 2 aromatic carbocycles. The fourth-order valence-electron chi connectivity index (χ4n) is 2.23. The zero-order valence-electron chi connectivity index (χ0n) is 13.5. The Morgan fingerprint density at radius 2 is 1.61 bits per heavy atom. The van der Waals surface area contributed by atoms with Crippen molar-refractivity contribution < 1.29 is 14.6 Å². The molecule has 0 heterocycles. The van der Waals surface area contributed by atoms with Crippen LogP contribution in [0.15, 0.2) is 60.7 Å². The molecule has 3 unspecified atom stereocenters. The van der Waals surface area contributed by atoms with E-state index in [0.29, 0.717) is 12.2 Å². The van der Waals surface area contributed by atoms with Crippen molar-refractivity contribution in [3.05, 3.63) is 66.2 Å². The predicted octanol–water partition coefficient (Wildman–Crippen LogP) is 2.56.